The highest BCUT2D eigenvalue weighted by Crippen LogP contribution is 2.22. The molecule has 1 heterocycles. The maximum Gasteiger partial charge on any atom is 0.248 e. The molecule has 0 spiro atoms. The van der Waals surface area contributed by atoms with Crippen LogP contribution >= 0.6 is 11.6 Å². The third-order valence-corrected chi connectivity index (χ3v) is 2.88. The van der Waals surface area contributed by atoms with Crippen LogP contribution in [-0.4, -0.2) is 5.91 Å². The van der Waals surface area contributed by atoms with Crippen molar-refractivity contribution in [3.8, 4) is 0 Å². The second kappa shape index (κ2) is 5.56. The van der Waals surface area contributed by atoms with Gasteiger partial charge in [0.25, 0.3) is 0 Å². The lowest BCUT2D eigenvalue weighted by molar-refractivity contribution is -0.111. The summed E-state index contributed by atoms with van der Waals surface area (Å²) in [6.45, 7) is 1.86. The zero-order valence-electron chi connectivity index (χ0n) is 9.81. The lowest BCUT2D eigenvalue weighted by Gasteiger charge is -2.07. The van der Waals surface area contributed by atoms with E-state index in [0.717, 1.165) is 5.56 Å². The highest BCUT2D eigenvalue weighted by Gasteiger charge is 2.04. The maximum atomic E-state index is 11.7. The van der Waals surface area contributed by atoms with E-state index in [-0.39, 0.29) is 5.91 Å². The second-order valence-corrected chi connectivity index (χ2v) is 4.16. The summed E-state index contributed by atoms with van der Waals surface area (Å²) < 4.78 is 5.09. The minimum absolute atomic E-state index is 0.225. The number of rotatable bonds is 3. The summed E-state index contributed by atoms with van der Waals surface area (Å²) in [5.74, 6) is 0.407. The number of anilines is 1. The molecule has 0 atom stereocenters. The Labute approximate surface area is 110 Å². The Kier molecular flexibility index (Phi) is 3.85. The number of carbonyl (C=O) groups is 1. The van der Waals surface area contributed by atoms with Gasteiger partial charge in [-0.05, 0) is 42.8 Å². The van der Waals surface area contributed by atoms with Crippen LogP contribution in [0.25, 0.3) is 6.08 Å². The standard InChI is InChI=1S/C14H12ClNO2/c1-10-12(15)5-2-6-13(10)16-14(17)8-7-11-4-3-9-18-11/h2-9H,1H3,(H,16,17). The third kappa shape index (κ3) is 3.02. The Morgan fingerprint density at radius 1 is 1.33 bits per heavy atom. The zero-order valence-corrected chi connectivity index (χ0v) is 10.6. The van der Waals surface area contributed by atoms with Gasteiger partial charge in [0.15, 0.2) is 0 Å². The van der Waals surface area contributed by atoms with E-state index in [2.05, 4.69) is 5.32 Å². The summed E-state index contributed by atoms with van der Waals surface area (Å²) >= 11 is 5.97. The predicted molar refractivity (Wildman–Crippen MR) is 72.6 cm³/mol. The van der Waals surface area contributed by atoms with Crippen LogP contribution in [-0.2, 0) is 4.79 Å². The van der Waals surface area contributed by atoms with Crippen molar-refractivity contribution < 1.29 is 9.21 Å². The second-order valence-electron chi connectivity index (χ2n) is 3.75. The SMILES string of the molecule is Cc1c(Cl)cccc1NC(=O)C=Cc1ccco1. The predicted octanol–water partition coefficient (Wildman–Crippen LogP) is 3.89. The Bertz CT molecular complexity index is 573. The molecule has 1 amide bonds. The molecule has 1 aromatic carbocycles. The molecular formula is C14H12ClNO2. The Hall–Kier alpha value is -2.00. The van der Waals surface area contributed by atoms with Crippen molar-refractivity contribution in [1.29, 1.82) is 0 Å². The topological polar surface area (TPSA) is 42.2 Å². The van der Waals surface area contributed by atoms with Gasteiger partial charge in [-0.25, -0.2) is 0 Å². The fourth-order valence-electron chi connectivity index (χ4n) is 1.46. The molecule has 0 saturated heterocycles. The van der Waals surface area contributed by atoms with Crippen molar-refractivity contribution in [1.82, 2.24) is 0 Å². The molecule has 2 rings (SSSR count). The number of furan rings is 1. The number of halogens is 1. The average molecular weight is 262 g/mol. The number of nitrogens with one attached hydrogen (secondary N) is 1. The van der Waals surface area contributed by atoms with Crippen LogP contribution in [0.3, 0.4) is 0 Å². The highest BCUT2D eigenvalue weighted by atomic mass is 35.5. The minimum atomic E-state index is -0.225. The monoisotopic (exact) mass is 261 g/mol. The number of benzene rings is 1. The molecule has 92 valence electrons. The lowest BCUT2D eigenvalue weighted by Crippen LogP contribution is -2.08. The molecule has 0 fully saturated rings. The van der Waals surface area contributed by atoms with Gasteiger partial charge in [-0.2, -0.15) is 0 Å². The summed E-state index contributed by atoms with van der Waals surface area (Å²) in [7, 11) is 0. The molecule has 0 unspecified atom stereocenters. The molecule has 0 saturated carbocycles. The first-order chi connectivity index (χ1) is 8.66. The van der Waals surface area contributed by atoms with E-state index >= 15 is 0 Å². The summed E-state index contributed by atoms with van der Waals surface area (Å²) in [6.07, 6.45) is 4.58. The van der Waals surface area contributed by atoms with Crippen LogP contribution in [0, 0.1) is 6.92 Å². The third-order valence-electron chi connectivity index (χ3n) is 2.47. The molecule has 1 N–H and O–H groups in total. The fraction of sp³-hybridized carbons (Fsp3) is 0.0714. The van der Waals surface area contributed by atoms with E-state index in [4.69, 9.17) is 16.0 Å². The molecule has 0 aliphatic heterocycles. The highest BCUT2D eigenvalue weighted by molar-refractivity contribution is 6.31. The quantitative estimate of drug-likeness (QED) is 0.852. The van der Waals surface area contributed by atoms with Crippen LogP contribution in [0.5, 0.6) is 0 Å². The Morgan fingerprint density at radius 2 is 2.17 bits per heavy atom. The van der Waals surface area contributed by atoms with Crippen LogP contribution in [0.1, 0.15) is 11.3 Å². The molecular weight excluding hydrogens is 250 g/mol. The van der Waals surface area contributed by atoms with Crippen LogP contribution in [0.2, 0.25) is 5.02 Å². The number of carbonyl (C=O) groups excluding carboxylic acids is 1. The average Bonchev–Trinajstić information content (AvgIpc) is 2.86. The minimum Gasteiger partial charge on any atom is -0.465 e. The van der Waals surface area contributed by atoms with Crippen molar-refractivity contribution in [3.05, 3.63) is 59.0 Å². The van der Waals surface area contributed by atoms with Crippen molar-refractivity contribution >= 4 is 29.3 Å². The fourth-order valence-corrected chi connectivity index (χ4v) is 1.64. The van der Waals surface area contributed by atoms with Crippen LogP contribution < -0.4 is 5.32 Å². The van der Waals surface area contributed by atoms with Gasteiger partial charge in [0.2, 0.25) is 5.91 Å². The van der Waals surface area contributed by atoms with E-state index in [9.17, 15) is 4.79 Å². The van der Waals surface area contributed by atoms with Gasteiger partial charge in [0.1, 0.15) is 5.76 Å². The summed E-state index contributed by atoms with van der Waals surface area (Å²) in [5, 5.41) is 3.39. The first-order valence-electron chi connectivity index (χ1n) is 5.44. The largest absolute Gasteiger partial charge is 0.465 e. The Morgan fingerprint density at radius 3 is 2.89 bits per heavy atom. The summed E-state index contributed by atoms with van der Waals surface area (Å²) in [6, 6.07) is 8.92. The maximum absolute atomic E-state index is 11.7. The van der Waals surface area contributed by atoms with Gasteiger partial charge < -0.3 is 9.73 Å². The van der Waals surface area contributed by atoms with E-state index < -0.39 is 0 Å². The molecule has 0 bridgehead atoms. The first kappa shape index (κ1) is 12.5. The van der Waals surface area contributed by atoms with E-state index in [1.807, 2.05) is 6.92 Å². The summed E-state index contributed by atoms with van der Waals surface area (Å²) in [5.41, 5.74) is 1.55. The number of hydrogen-bond acceptors (Lipinski definition) is 2. The van der Waals surface area contributed by atoms with Gasteiger partial charge >= 0.3 is 0 Å². The number of amides is 1. The lowest BCUT2D eigenvalue weighted by atomic mass is 10.2. The van der Waals surface area contributed by atoms with Crippen molar-refractivity contribution in [2.75, 3.05) is 5.32 Å². The van der Waals surface area contributed by atoms with Crippen LogP contribution in [0.15, 0.2) is 47.1 Å². The normalized spacial score (nSPS) is 10.8. The van der Waals surface area contributed by atoms with E-state index in [1.54, 1.807) is 42.7 Å². The molecule has 4 heteroatoms. The van der Waals surface area contributed by atoms with Gasteiger partial charge in [0.05, 0.1) is 6.26 Å². The van der Waals surface area contributed by atoms with Gasteiger partial charge in [-0.3, -0.25) is 4.79 Å². The summed E-state index contributed by atoms with van der Waals surface area (Å²) in [4.78, 5) is 11.7. The molecule has 18 heavy (non-hydrogen) atoms. The smallest absolute Gasteiger partial charge is 0.248 e. The van der Waals surface area contributed by atoms with Crippen molar-refractivity contribution in [2.45, 2.75) is 6.92 Å². The molecule has 0 aliphatic rings. The number of hydrogen-bond donors (Lipinski definition) is 1. The van der Waals surface area contributed by atoms with E-state index in [0.29, 0.717) is 16.5 Å². The molecule has 3 nitrogen and oxygen atoms in total. The van der Waals surface area contributed by atoms with Crippen molar-refractivity contribution in [3.63, 3.8) is 0 Å². The van der Waals surface area contributed by atoms with E-state index in [1.165, 1.54) is 6.08 Å². The van der Waals surface area contributed by atoms with Crippen molar-refractivity contribution in [2.24, 2.45) is 0 Å². The van der Waals surface area contributed by atoms with Gasteiger partial charge in [-0.1, -0.05) is 17.7 Å². The first-order valence-corrected chi connectivity index (χ1v) is 5.82. The van der Waals surface area contributed by atoms with Gasteiger partial charge in [-0.15, -0.1) is 0 Å². The molecule has 2 aromatic rings. The molecule has 0 aliphatic carbocycles. The Balaban J connectivity index is 2.05. The zero-order chi connectivity index (χ0) is 13.0. The van der Waals surface area contributed by atoms with Gasteiger partial charge in [0, 0.05) is 16.8 Å². The van der Waals surface area contributed by atoms with Crippen LogP contribution in [0.4, 0.5) is 5.69 Å². The molecule has 0 radical (unpaired) electrons. The molecule has 1 aromatic heterocycles.